The molecule has 0 radical (unpaired) electrons. The molecule has 2 rings (SSSR count). The summed E-state index contributed by atoms with van der Waals surface area (Å²) in [4.78, 5) is 0. The number of hydrogen-bond acceptors (Lipinski definition) is 3. The van der Waals surface area contributed by atoms with Crippen molar-refractivity contribution >= 4 is 17.7 Å². The van der Waals surface area contributed by atoms with Crippen LogP contribution in [-0.4, -0.2) is 26.3 Å². The van der Waals surface area contributed by atoms with Crippen molar-refractivity contribution in [2.24, 2.45) is 5.92 Å². The largest absolute Gasteiger partial charge is 0.486 e. The normalized spacial score (nSPS) is 14.3. The second-order valence-electron chi connectivity index (χ2n) is 4.98. The third-order valence-electron chi connectivity index (χ3n) is 2.74. The van der Waals surface area contributed by atoms with Gasteiger partial charge >= 0.3 is 0 Å². The van der Waals surface area contributed by atoms with E-state index in [-0.39, 0.29) is 0 Å². The standard InChI is InChI=1S/C15H20ClNO2/c1-11(2)10-17-5-3-4-12-8-13(16)15-14(9-12)18-6-7-19-15/h3-4,8-9,11,17H,5-7,10H2,1-2H3. The molecule has 0 unspecified atom stereocenters. The molecule has 0 spiro atoms. The van der Waals surface area contributed by atoms with Crippen LogP contribution in [0.3, 0.4) is 0 Å². The lowest BCUT2D eigenvalue weighted by Gasteiger charge is -2.19. The number of halogens is 1. The van der Waals surface area contributed by atoms with E-state index < -0.39 is 0 Å². The fourth-order valence-electron chi connectivity index (χ4n) is 1.88. The molecule has 1 heterocycles. The van der Waals surface area contributed by atoms with Crippen LogP contribution in [0.15, 0.2) is 18.2 Å². The summed E-state index contributed by atoms with van der Waals surface area (Å²) < 4.78 is 11.0. The molecule has 0 saturated heterocycles. The minimum absolute atomic E-state index is 0.557. The first-order chi connectivity index (χ1) is 9.16. The maximum absolute atomic E-state index is 6.17. The van der Waals surface area contributed by atoms with E-state index in [1.807, 2.05) is 18.2 Å². The van der Waals surface area contributed by atoms with Gasteiger partial charge in [0.2, 0.25) is 0 Å². The highest BCUT2D eigenvalue weighted by Crippen LogP contribution is 2.38. The molecule has 1 aliphatic rings. The predicted octanol–water partition coefficient (Wildman–Crippen LogP) is 3.37. The Bertz CT molecular complexity index is 458. The third kappa shape index (κ3) is 4.15. The molecule has 1 aromatic carbocycles. The third-order valence-corrected chi connectivity index (χ3v) is 3.02. The average molecular weight is 282 g/mol. The van der Waals surface area contributed by atoms with Gasteiger partial charge in [0.25, 0.3) is 0 Å². The Labute approximate surface area is 119 Å². The van der Waals surface area contributed by atoms with Crippen molar-refractivity contribution < 1.29 is 9.47 Å². The summed E-state index contributed by atoms with van der Waals surface area (Å²) in [6.07, 6.45) is 4.13. The van der Waals surface area contributed by atoms with Crippen LogP contribution in [0.25, 0.3) is 6.08 Å². The lowest BCUT2D eigenvalue weighted by Crippen LogP contribution is -2.19. The van der Waals surface area contributed by atoms with Crippen LogP contribution in [0, 0.1) is 5.92 Å². The molecule has 0 bridgehead atoms. The van der Waals surface area contributed by atoms with E-state index in [9.17, 15) is 0 Å². The Hall–Kier alpha value is -1.19. The van der Waals surface area contributed by atoms with Crippen molar-refractivity contribution in [3.63, 3.8) is 0 Å². The molecule has 0 atom stereocenters. The molecular weight excluding hydrogens is 262 g/mol. The average Bonchev–Trinajstić information content (AvgIpc) is 2.38. The van der Waals surface area contributed by atoms with E-state index in [1.165, 1.54) is 0 Å². The van der Waals surface area contributed by atoms with Gasteiger partial charge in [-0.1, -0.05) is 37.6 Å². The SMILES string of the molecule is CC(C)CNCC=Cc1cc(Cl)c2c(c1)OCCO2. The fourth-order valence-corrected chi connectivity index (χ4v) is 2.15. The van der Waals surface area contributed by atoms with Crippen LogP contribution in [0.5, 0.6) is 11.5 Å². The molecule has 0 amide bonds. The van der Waals surface area contributed by atoms with Crippen LogP contribution < -0.4 is 14.8 Å². The van der Waals surface area contributed by atoms with Crippen LogP contribution in [0.2, 0.25) is 5.02 Å². The van der Waals surface area contributed by atoms with E-state index in [0.29, 0.717) is 29.9 Å². The first-order valence-corrected chi connectivity index (χ1v) is 7.01. The summed E-state index contributed by atoms with van der Waals surface area (Å²) in [7, 11) is 0. The van der Waals surface area contributed by atoms with Gasteiger partial charge in [-0.2, -0.15) is 0 Å². The van der Waals surface area contributed by atoms with Crippen LogP contribution in [-0.2, 0) is 0 Å². The molecule has 4 heteroatoms. The van der Waals surface area contributed by atoms with Crippen LogP contribution >= 0.6 is 11.6 Å². The number of nitrogens with one attached hydrogen (secondary N) is 1. The van der Waals surface area contributed by atoms with Gasteiger partial charge in [0.15, 0.2) is 11.5 Å². The summed E-state index contributed by atoms with van der Waals surface area (Å²) in [5.41, 5.74) is 1.03. The molecule has 19 heavy (non-hydrogen) atoms. The topological polar surface area (TPSA) is 30.5 Å². The predicted molar refractivity (Wildman–Crippen MR) is 79.2 cm³/mol. The number of hydrogen-bond donors (Lipinski definition) is 1. The summed E-state index contributed by atoms with van der Waals surface area (Å²) in [5.74, 6) is 2.05. The first-order valence-electron chi connectivity index (χ1n) is 6.63. The monoisotopic (exact) mass is 281 g/mol. The van der Waals surface area contributed by atoms with Gasteiger partial charge in [-0.15, -0.1) is 0 Å². The first kappa shape index (κ1) is 14.2. The van der Waals surface area contributed by atoms with Crippen LogP contribution in [0.4, 0.5) is 0 Å². The molecule has 1 N–H and O–H groups in total. The zero-order valence-electron chi connectivity index (χ0n) is 11.4. The van der Waals surface area contributed by atoms with Gasteiger partial charge in [-0.05, 0) is 30.2 Å². The maximum atomic E-state index is 6.17. The fraction of sp³-hybridized carbons (Fsp3) is 0.467. The van der Waals surface area contributed by atoms with Crippen molar-refractivity contribution in [2.45, 2.75) is 13.8 Å². The zero-order valence-corrected chi connectivity index (χ0v) is 12.2. The molecule has 1 aromatic rings. The van der Waals surface area contributed by atoms with Gasteiger partial charge in [0.05, 0.1) is 5.02 Å². The van der Waals surface area contributed by atoms with E-state index in [2.05, 4.69) is 25.2 Å². The Morgan fingerprint density at radius 1 is 1.32 bits per heavy atom. The second kappa shape index (κ2) is 6.83. The van der Waals surface area contributed by atoms with Crippen LogP contribution in [0.1, 0.15) is 19.4 Å². The Morgan fingerprint density at radius 3 is 2.89 bits per heavy atom. The summed E-state index contributed by atoms with van der Waals surface area (Å²) in [6.45, 7) is 7.39. The Morgan fingerprint density at radius 2 is 2.11 bits per heavy atom. The van der Waals surface area contributed by atoms with Crippen molar-refractivity contribution in [1.29, 1.82) is 0 Å². The smallest absolute Gasteiger partial charge is 0.179 e. The lowest BCUT2D eigenvalue weighted by molar-refractivity contribution is 0.171. The zero-order chi connectivity index (χ0) is 13.7. The molecule has 0 fully saturated rings. The summed E-state index contributed by atoms with van der Waals surface area (Å²) >= 11 is 6.17. The number of fused-ring (bicyclic) bond motifs is 1. The van der Waals surface area contributed by atoms with Gasteiger partial charge in [-0.25, -0.2) is 0 Å². The van der Waals surface area contributed by atoms with Gasteiger partial charge in [0, 0.05) is 6.54 Å². The highest BCUT2D eigenvalue weighted by atomic mass is 35.5. The highest BCUT2D eigenvalue weighted by molar-refractivity contribution is 6.32. The van der Waals surface area contributed by atoms with Crippen molar-refractivity contribution in [3.05, 3.63) is 28.8 Å². The molecule has 0 aromatic heterocycles. The Kier molecular flexibility index (Phi) is 5.11. The molecule has 0 saturated carbocycles. The van der Waals surface area contributed by atoms with E-state index in [0.717, 1.165) is 24.4 Å². The number of benzene rings is 1. The van der Waals surface area contributed by atoms with E-state index >= 15 is 0 Å². The maximum Gasteiger partial charge on any atom is 0.179 e. The van der Waals surface area contributed by atoms with Gasteiger partial charge in [0.1, 0.15) is 13.2 Å². The van der Waals surface area contributed by atoms with Crippen molar-refractivity contribution in [1.82, 2.24) is 5.32 Å². The van der Waals surface area contributed by atoms with E-state index in [4.69, 9.17) is 21.1 Å². The van der Waals surface area contributed by atoms with Gasteiger partial charge in [-0.3, -0.25) is 0 Å². The minimum Gasteiger partial charge on any atom is -0.486 e. The lowest BCUT2D eigenvalue weighted by atomic mass is 10.1. The molecule has 104 valence electrons. The molecule has 0 aliphatic carbocycles. The number of rotatable bonds is 5. The highest BCUT2D eigenvalue weighted by Gasteiger charge is 2.15. The van der Waals surface area contributed by atoms with Crippen molar-refractivity contribution in [3.8, 4) is 11.5 Å². The van der Waals surface area contributed by atoms with Gasteiger partial charge < -0.3 is 14.8 Å². The quantitative estimate of drug-likeness (QED) is 0.840. The molecule has 3 nitrogen and oxygen atoms in total. The summed E-state index contributed by atoms with van der Waals surface area (Å²) in [5, 5.41) is 3.96. The van der Waals surface area contributed by atoms with E-state index in [1.54, 1.807) is 0 Å². The second-order valence-corrected chi connectivity index (χ2v) is 5.39. The molecule has 1 aliphatic heterocycles. The Balaban J connectivity index is 1.97. The minimum atomic E-state index is 0.557. The number of ether oxygens (including phenoxy) is 2. The van der Waals surface area contributed by atoms with Crippen molar-refractivity contribution in [2.75, 3.05) is 26.3 Å². The summed E-state index contributed by atoms with van der Waals surface area (Å²) in [6, 6.07) is 3.85. The molecular formula is C15H20ClNO2.